The van der Waals surface area contributed by atoms with Gasteiger partial charge in [0.1, 0.15) is 5.75 Å². The van der Waals surface area contributed by atoms with Crippen molar-refractivity contribution in [2.24, 2.45) is 0 Å². The Hall–Kier alpha value is -2.73. The van der Waals surface area contributed by atoms with Crippen LogP contribution in [0.1, 0.15) is 24.1 Å². The quantitative estimate of drug-likeness (QED) is 0.827. The Kier molecular flexibility index (Phi) is 5.63. The summed E-state index contributed by atoms with van der Waals surface area (Å²) in [7, 11) is 3.55. The van der Waals surface area contributed by atoms with E-state index in [1.807, 2.05) is 61.3 Å². The summed E-state index contributed by atoms with van der Waals surface area (Å²) in [5.74, 6) is 2.26. The van der Waals surface area contributed by atoms with Gasteiger partial charge in [0.2, 0.25) is 12.7 Å². The van der Waals surface area contributed by atoms with E-state index in [1.54, 1.807) is 7.11 Å². The van der Waals surface area contributed by atoms with E-state index < -0.39 is 0 Å². The third kappa shape index (κ3) is 4.26. The molecule has 0 fully saturated rings. The zero-order valence-corrected chi connectivity index (χ0v) is 15.3. The smallest absolute Gasteiger partial charge is 0.234 e. The summed E-state index contributed by atoms with van der Waals surface area (Å²) in [4.78, 5) is 14.3. The molecule has 2 aromatic carbocycles. The van der Waals surface area contributed by atoms with Gasteiger partial charge in [0.05, 0.1) is 19.7 Å². The first-order valence-corrected chi connectivity index (χ1v) is 8.56. The van der Waals surface area contributed by atoms with Gasteiger partial charge in [-0.3, -0.25) is 9.69 Å². The number of carbonyl (C=O) groups excluding carboxylic acids is 1. The van der Waals surface area contributed by atoms with Crippen molar-refractivity contribution < 1.29 is 19.0 Å². The molecule has 1 aliphatic heterocycles. The summed E-state index contributed by atoms with van der Waals surface area (Å²) in [5.41, 5.74) is 2.03. The normalized spacial score (nSPS) is 13.5. The Bertz CT molecular complexity index is 778. The molecular formula is C20H24N2O4. The van der Waals surface area contributed by atoms with Crippen LogP contribution >= 0.6 is 0 Å². The lowest BCUT2D eigenvalue weighted by Crippen LogP contribution is -2.36. The molecule has 1 atom stereocenters. The van der Waals surface area contributed by atoms with Crippen LogP contribution in [0.15, 0.2) is 42.5 Å². The number of carbonyl (C=O) groups is 1. The second-order valence-corrected chi connectivity index (χ2v) is 6.39. The molecule has 1 unspecified atom stereocenters. The molecular weight excluding hydrogens is 332 g/mol. The number of nitrogens with one attached hydrogen (secondary N) is 1. The number of ether oxygens (including phenoxy) is 3. The highest BCUT2D eigenvalue weighted by atomic mass is 16.7. The molecule has 0 bridgehead atoms. The summed E-state index contributed by atoms with van der Waals surface area (Å²) in [6.07, 6.45) is 0. The molecule has 6 heteroatoms. The van der Waals surface area contributed by atoms with Gasteiger partial charge >= 0.3 is 0 Å². The van der Waals surface area contributed by atoms with Crippen LogP contribution in [0.25, 0.3) is 0 Å². The van der Waals surface area contributed by atoms with Crippen molar-refractivity contribution in [2.75, 3.05) is 27.5 Å². The molecule has 1 heterocycles. The zero-order chi connectivity index (χ0) is 18.5. The van der Waals surface area contributed by atoms with Gasteiger partial charge in [-0.25, -0.2) is 0 Å². The second-order valence-electron chi connectivity index (χ2n) is 6.39. The van der Waals surface area contributed by atoms with Gasteiger partial charge in [0, 0.05) is 12.1 Å². The summed E-state index contributed by atoms with van der Waals surface area (Å²) in [6.45, 7) is 3.16. The Morgan fingerprint density at radius 2 is 2.00 bits per heavy atom. The average molecular weight is 356 g/mol. The second kappa shape index (κ2) is 8.10. The fourth-order valence-electron chi connectivity index (χ4n) is 3.04. The van der Waals surface area contributed by atoms with Gasteiger partial charge in [0.15, 0.2) is 11.5 Å². The minimum absolute atomic E-state index is 0.0355. The molecule has 1 N–H and O–H groups in total. The van der Waals surface area contributed by atoms with Gasteiger partial charge in [-0.1, -0.05) is 24.3 Å². The van der Waals surface area contributed by atoms with Crippen molar-refractivity contribution in [1.82, 2.24) is 10.2 Å². The van der Waals surface area contributed by atoms with E-state index in [0.29, 0.717) is 13.1 Å². The van der Waals surface area contributed by atoms with E-state index in [-0.39, 0.29) is 18.7 Å². The average Bonchev–Trinajstić information content (AvgIpc) is 3.09. The van der Waals surface area contributed by atoms with Gasteiger partial charge < -0.3 is 19.5 Å². The monoisotopic (exact) mass is 356 g/mol. The SMILES string of the molecule is COc1ccccc1C(C)NC(=O)CN(C)Cc1ccc2c(c1)OCO2. The molecule has 0 aliphatic carbocycles. The zero-order valence-electron chi connectivity index (χ0n) is 15.3. The van der Waals surface area contributed by atoms with Gasteiger partial charge in [-0.2, -0.15) is 0 Å². The fraction of sp³-hybridized carbons (Fsp3) is 0.350. The van der Waals surface area contributed by atoms with Crippen LogP contribution in [0.4, 0.5) is 0 Å². The molecule has 138 valence electrons. The number of hydrogen-bond acceptors (Lipinski definition) is 5. The number of para-hydroxylation sites is 1. The van der Waals surface area contributed by atoms with Crippen molar-refractivity contribution in [3.63, 3.8) is 0 Å². The Morgan fingerprint density at radius 1 is 1.23 bits per heavy atom. The predicted molar refractivity (Wildman–Crippen MR) is 98.5 cm³/mol. The number of hydrogen-bond donors (Lipinski definition) is 1. The fourth-order valence-corrected chi connectivity index (χ4v) is 3.04. The van der Waals surface area contributed by atoms with Crippen LogP contribution in [0.3, 0.4) is 0 Å². The summed E-state index contributed by atoms with van der Waals surface area (Å²) in [6, 6.07) is 13.4. The highest BCUT2D eigenvalue weighted by molar-refractivity contribution is 5.78. The third-order valence-electron chi connectivity index (χ3n) is 4.29. The lowest BCUT2D eigenvalue weighted by molar-refractivity contribution is -0.122. The van der Waals surface area contributed by atoms with E-state index >= 15 is 0 Å². The molecule has 3 rings (SSSR count). The number of nitrogens with zero attached hydrogens (tertiary/aromatic N) is 1. The maximum Gasteiger partial charge on any atom is 0.234 e. The summed E-state index contributed by atoms with van der Waals surface area (Å²) >= 11 is 0. The largest absolute Gasteiger partial charge is 0.496 e. The van der Waals surface area contributed by atoms with Crippen molar-refractivity contribution in [1.29, 1.82) is 0 Å². The van der Waals surface area contributed by atoms with Crippen molar-refractivity contribution >= 4 is 5.91 Å². The van der Waals surface area contributed by atoms with Gasteiger partial charge in [-0.05, 0) is 37.7 Å². The molecule has 26 heavy (non-hydrogen) atoms. The molecule has 0 aromatic heterocycles. The van der Waals surface area contributed by atoms with E-state index in [0.717, 1.165) is 28.4 Å². The Morgan fingerprint density at radius 3 is 2.81 bits per heavy atom. The molecule has 1 aliphatic rings. The summed E-state index contributed by atoms with van der Waals surface area (Å²) in [5, 5.41) is 3.02. The topological polar surface area (TPSA) is 60.0 Å². The molecule has 2 aromatic rings. The van der Waals surface area contributed by atoms with Gasteiger partial charge in [0.25, 0.3) is 0 Å². The first kappa shape index (κ1) is 18.1. The van der Waals surface area contributed by atoms with Gasteiger partial charge in [-0.15, -0.1) is 0 Å². The molecule has 0 spiro atoms. The third-order valence-corrected chi connectivity index (χ3v) is 4.29. The standard InChI is InChI=1S/C20H24N2O4/c1-14(16-6-4-5-7-17(16)24-3)21-20(23)12-22(2)11-15-8-9-18-19(10-15)26-13-25-18/h4-10,14H,11-13H2,1-3H3,(H,21,23). The molecule has 0 radical (unpaired) electrons. The minimum Gasteiger partial charge on any atom is -0.496 e. The van der Waals surface area contributed by atoms with Crippen LogP contribution in [-0.2, 0) is 11.3 Å². The van der Waals surface area contributed by atoms with Crippen LogP contribution in [0.5, 0.6) is 17.2 Å². The molecule has 0 saturated carbocycles. The number of rotatable bonds is 7. The van der Waals surface area contributed by atoms with E-state index in [2.05, 4.69) is 5.32 Å². The number of likely N-dealkylation sites (N-methyl/N-ethyl adjacent to an activating group) is 1. The van der Waals surface area contributed by atoms with Crippen LogP contribution in [0.2, 0.25) is 0 Å². The van der Waals surface area contributed by atoms with Crippen LogP contribution < -0.4 is 19.5 Å². The maximum absolute atomic E-state index is 12.4. The van der Waals surface area contributed by atoms with Crippen molar-refractivity contribution in [2.45, 2.75) is 19.5 Å². The first-order valence-electron chi connectivity index (χ1n) is 8.56. The van der Waals surface area contributed by atoms with Crippen molar-refractivity contribution in [3.05, 3.63) is 53.6 Å². The highest BCUT2D eigenvalue weighted by Crippen LogP contribution is 2.32. The number of methoxy groups -OCH3 is 1. The summed E-state index contributed by atoms with van der Waals surface area (Å²) < 4.78 is 16.1. The maximum atomic E-state index is 12.4. The lowest BCUT2D eigenvalue weighted by Gasteiger charge is -2.20. The lowest BCUT2D eigenvalue weighted by atomic mass is 10.1. The first-order chi connectivity index (χ1) is 12.6. The number of fused-ring (bicyclic) bond motifs is 1. The molecule has 1 amide bonds. The predicted octanol–water partition coefficient (Wildman–Crippen LogP) is 2.73. The van der Waals surface area contributed by atoms with Crippen molar-refractivity contribution in [3.8, 4) is 17.2 Å². The Labute approximate surface area is 153 Å². The minimum atomic E-state index is -0.127. The molecule has 0 saturated heterocycles. The van der Waals surface area contributed by atoms with E-state index in [4.69, 9.17) is 14.2 Å². The Balaban J connectivity index is 1.54. The van der Waals surface area contributed by atoms with E-state index in [1.165, 1.54) is 0 Å². The highest BCUT2D eigenvalue weighted by Gasteiger charge is 2.16. The van der Waals surface area contributed by atoms with E-state index in [9.17, 15) is 4.79 Å². The van der Waals surface area contributed by atoms with Crippen LogP contribution in [0, 0.1) is 0 Å². The molecule has 6 nitrogen and oxygen atoms in total. The number of benzene rings is 2. The number of amides is 1. The van der Waals surface area contributed by atoms with Crippen LogP contribution in [-0.4, -0.2) is 38.3 Å².